The average molecular weight is 780 g/mol. The topological polar surface area (TPSA) is 66.2 Å². The van der Waals surface area contributed by atoms with Crippen LogP contribution < -0.4 is 5.46 Å². The maximum Gasteiger partial charge on any atom is 0.489 e. The normalized spacial score (nSPS) is 10.9. The van der Waals surface area contributed by atoms with Crippen LogP contribution in [0.25, 0.3) is 33.1 Å². The molecule has 14 heteroatoms. The van der Waals surface area contributed by atoms with Crippen molar-refractivity contribution in [2.75, 3.05) is 12.5 Å². The molecule has 0 aliphatic carbocycles. The number of pyridine rings is 2. The van der Waals surface area contributed by atoms with Crippen LogP contribution in [-0.4, -0.2) is 39.6 Å². The van der Waals surface area contributed by atoms with Gasteiger partial charge in [0.05, 0.1) is 37.5 Å². The second kappa shape index (κ2) is 17.0. The van der Waals surface area contributed by atoms with Crippen LogP contribution in [-0.2, 0) is 0 Å². The van der Waals surface area contributed by atoms with Crippen molar-refractivity contribution in [3.63, 3.8) is 0 Å². The molecule has 260 valence electrons. The van der Waals surface area contributed by atoms with Crippen molar-refractivity contribution in [3.8, 4) is 11.3 Å². The maximum absolute atomic E-state index is 14.1. The Hall–Kier alpha value is -3.03. The number of hydrogen-bond acceptors (Lipinski definition) is 6. The third-order valence-electron chi connectivity index (χ3n) is 7.55. The van der Waals surface area contributed by atoms with Gasteiger partial charge in [-0.05, 0) is 69.4 Å². The summed E-state index contributed by atoms with van der Waals surface area (Å²) < 4.78 is 53.9. The van der Waals surface area contributed by atoms with Gasteiger partial charge in [-0.3, -0.25) is 0 Å². The first kappa shape index (κ1) is 39.8. The van der Waals surface area contributed by atoms with E-state index in [1.54, 1.807) is 31.7 Å². The Bertz CT molecular complexity index is 2230. The van der Waals surface area contributed by atoms with Crippen molar-refractivity contribution >= 4 is 92.7 Å². The standard InChI is InChI=1S/C18H14ClF2NS.C10H5Cl2F2N.C8H11BO2S/c1-9-4-5-15(23-3)12(6-9)18-10(2)17(19)16-13(21)7-11(20)8-14(16)22-18;1-4-9(11)8-6(14)2-5(13)3-7(8)15-10(4)12;1-6-3-4-8(12-2)7(5-6)9(10)11/h4-8H,1-3H3;2-3H,1H3;3-5,10-11H,1-2H3. The van der Waals surface area contributed by atoms with Crippen molar-refractivity contribution in [2.45, 2.75) is 37.5 Å². The van der Waals surface area contributed by atoms with Gasteiger partial charge in [-0.2, -0.15) is 0 Å². The Morgan fingerprint density at radius 2 is 1.10 bits per heavy atom. The molecule has 0 aliphatic rings. The molecule has 0 aliphatic heterocycles. The summed E-state index contributed by atoms with van der Waals surface area (Å²) >= 11 is 21.1. The molecule has 0 saturated heterocycles. The fraction of sp³-hybridized carbons (Fsp3) is 0.167. The SMILES string of the molecule is CSc1ccc(C)cc1-c1nc2cc(F)cc(F)c2c(Cl)c1C.CSc1ccc(C)cc1B(O)O.Cc1c(Cl)nc2cc(F)cc(F)c2c1Cl. The molecule has 0 atom stereocenters. The van der Waals surface area contributed by atoms with Crippen LogP contribution in [0.2, 0.25) is 15.2 Å². The number of hydrogen-bond donors (Lipinski definition) is 2. The lowest BCUT2D eigenvalue weighted by Crippen LogP contribution is -2.31. The Kier molecular flexibility index (Phi) is 13.5. The van der Waals surface area contributed by atoms with Gasteiger partial charge in [0.15, 0.2) is 0 Å². The van der Waals surface area contributed by atoms with E-state index < -0.39 is 30.4 Å². The van der Waals surface area contributed by atoms with E-state index in [0.717, 1.165) is 44.7 Å². The highest BCUT2D eigenvalue weighted by atomic mass is 35.5. The van der Waals surface area contributed by atoms with Gasteiger partial charge in [0.25, 0.3) is 0 Å². The van der Waals surface area contributed by atoms with Crippen molar-refractivity contribution in [1.82, 2.24) is 9.97 Å². The van der Waals surface area contributed by atoms with Gasteiger partial charge in [-0.25, -0.2) is 27.5 Å². The van der Waals surface area contributed by atoms with Crippen molar-refractivity contribution in [3.05, 3.63) is 121 Å². The Balaban J connectivity index is 0.000000180. The van der Waals surface area contributed by atoms with E-state index in [0.29, 0.717) is 22.3 Å². The zero-order valence-corrected chi connectivity index (χ0v) is 31.5. The maximum atomic E-state index is 14.1. The van der Waals surface area contributed by atoms with Crippen molar-refractivity contribution < 1.29 is 27.6 Å². The number of fused-ring (bicyclic) bond motifs is 2. The van der Waals surface area contributed by atoms with Crippen molar-refractivity contribution in [1.29, 1.82) is 0 Å². The summed E-state index contributed by atoms with van der Waals surface area (Å²) in [6.07, 6.45) is 3.89. The summed E-state index contributed by atoms with van der Waals surface area (Å²) in [5.74, 6) is -2.80. The molecule has 4 aromatic carbocycles. The van der Waals surface area contributed by atoms with E-state index >= 15 is 0 Å². The monoisotopic (exact) mass is 778 g/mol. The van der Waals surface area contributed by atoms with E-state index in [-0.39, 0.29) is 37.0 Å². The lowest BCUT2D eigenvalue weighted by Gasteiger charge is -2.14. The number of thioether (sulfide) groups is 2. The number of benzene rings is 4. The zero-order valence-electron chi connectivity index (χ0n) is 27.6. The van der Waals surface area contributed by atoms with Crippen LogP contribution in [0.1, 0.15) is 22.3 Å². The molecule has 50 heavy (non-hydrogen) atoms. The summed E-state index contributed by atoms with van der Waals surface area (Å²) in [6, 6.07) is 15.6. The number of rotatable bonds is 4. The molecular formula is C36H30BCl3F4N2O2S2. The Morgan fingerprint density at radius 3 is 1.62 bits per heavy atom. The molecule has 0 bridgehead atoms. The van der Waals surface area contributed by atoms with E-state index in [2.05, 4.69) is 9.97 Å². The largest absolute Gasteiger partial charge is 0.489 e. The molecule has 0 radical (unpaired) electrons. The third-order valence-corrected chi connectivity index (χ3v) is 10.5. The summed E-state index contributed by atoms with van der Waals surface area (Å²) in [6.45, 7) is 7.35. The minimum Gasteiger partial charge on any atom is -0.423 e. The summed E-state index contributed by atoms with van der Waals surface area (Å²) in [4.78, 5) is 10.3. The lowest BCUT2D eigenvalue weighted by molar-refractivity contribution is 0.425. The Morgan fingerprint density at radius 1 is 0.620 bits per heavy atom. The van der Waals surface area contributed by atoms with E-state index in [1.165, 1.54) is 17.8 Å². The van der Waals surface area contributed by atoms with Crippen LogP contribution in [0.3, 0.4) is 0 Å². The van der Waals surface area contributed by atoms with Crippen LogP contribution in [0.15, 0.2) is 70.5 Å². The van der Waals surface area contributed by atoms with Gasteiger partial charge in [0, 0.05) is 45.2 Å². The second-order valence-electron chi connectivity index (χ2n) is 11.1. The highest BCUT2D eigenvalue weighted by molar-refractivity contribution is 7.99. The highest BCUT2D eigenvalue weighted by Crippen LogP contribution is 2.38. The smallest absolute Gasteiger partial charge is 0.423 e. The molecule has 6 aromatic rings. The molecule has 4 nitrogen and oxygen atoms in total. The van der Waals surface area contributed by atoms with Crippen LogP contribution in [0, 0.1) is 51.0 Å². The predicted octanol–water partition coefficient (Wildman–Crippen LogP) is 10.7. The van der Waals surface area contributed by atoms with E-state index in [4.69, 9.17) is 44.9 Å². The highest BCUT2D eigenvalue weighted by Gasteiger charge is 2.19. The van der Waals surface area contributed by atoms with Gasteiger partial charge in [0.2, 0.25) is 0 Å². The van der Waals surface area contributed by atoms with Gasteiger partial charge in [0.1, 0.15) is 28.4 Å². The molecule has 6 rings (SSSR count). The number of nitrogens with zero attached hydrogens (tertiary/aromatic N) is 2. The van der Waals surface area contributed by atoms with Crippen LogP contribution >= 0.6 is 58.3 Å². The predicted molar refractivity (Wildman–Crippen MR) is 203 cm³/mol. The molecule has 2 N–H and O–H groups in total. The first-order chi connectivity index (χ1) is 23.6. The van der Waals surface area contributed by atoms with Gasteiger partial charge >= 0.3 is 7.12 Å². The summed E-state index contributed by atoms with van der Waals surface area (Å²) in [5, 5.41) is 18.9. The third kappa shape index (κ3) is 8.88. The first-order valence-corrected chi connectivity index (χ1v) is 18.4. The van der Waals surface area contributed by atoms with Crippen LogP contribution in [0.4, 0.5) is 17.6 Å². The zero-order chi connectivity index (χ0) is 37.0. The fourth-order valence-corrected chi connectivity index (χ4v) is 6.99. The number of halogens is 7. The summed E-state index contributed by atoms with van der Waals surface area (Å²) in [7, 11) is -1.37. The second-order valence-corrected chi connectivity index (χ2v) is 13.9. The van der Waals surface area contributed by atoms with Gasteiger partial charge in [-0.1, -0.05) is 64.1 Å². The molecule has 0 spiro atoms. The molecule has 2 heterocycles. The minimum atomic E-state index is -1.37. The average Bonchev–Trinajstić information content (AvgIpc) is 3.05. The van der Waals surface area contributed by atoms with E-state index in [1.807, 2.05) is 56.7 Å². The number of aromatic nitrogens is 2. The van der Waals surface area contributed by atoms with Gasteiger partial charge < -0.3 is 10.0 Å². The molecule has 0 amide bonds. The lowest BCUT2D eigenvalue weighted by atomic mass is 9.79. The number of aryl methyl sites for hydroxylation is 2. The van der Waals surface area contributed by atoms with Crippen LogP contribution in [0.5, 0.6) is 0 Å². The fourth-order valence-electron chi connectivity index (χ4n) is 5.02. The Labute approximate surface area is 311 Å². The molecule has 0 unspecified atom stereocenters. The van der Waals surface area contributed by atoms with E-state index in [9.17, 15) is 17.6 Å². The first-order valence-electron chi connectivity index (χ1n) is 14.8. The molecule has 2 aromatic heterocycles. The quantitative estimate of drug-likeness (QED) is 0.0804. The van der Waals surface area contributed by atoms with Crippen molar-refractivity contribution in [2.24, 2.45) is 0 Å². The summed E-state index contributed by atoms with van der Waals surface area (Å²) in [5.41, 5.74) is 5.79. The molecule has 0 saturated carbocycles. The minimum absolute atomic E-state index is 0.0972. The molecular weight excluding hydrogens is 750 g/mol. The molecule has 0 fully saturated rings. The van der Waals surface area contributed by atoms with Gasteiger partial charge in [-0.15, -0.1) is 23.5 Å².